The number of rotatable bonds is 3. The molecule has 0 bridgehead atoms. The van der Waals surface area contributed by atoms with Gasteiger partial charge in [0, 0.05) is 30.5 Å². The summed E-state index contributed by atoms with van der Waals surface area (Å²) in [5, 5.41) is 9.29. The van der Waals surface area contributed by atoms with E-state index in [0.717, 1.165) is 19.3 Å². The molecule has 4 nitrogen and oxygen atoms in total. The van der Waals surface area contributed by atoms with E-state index in [1.165, 1.54) is 0 Å². The van der Waals surface area contributed by atoms with Crippen LogP contribution < -0.4 is 0 Å². The molecule has 1 aliphatic heterocycles. The number of ketones is 1. The van der Waals surface area contributed by atoms with E-state index in [0.29, 0.717) is 18.7 Å². The molecule has 1 atom stereocenters. The van der Waals surface area contributed by atoms with Gasteiger partial charge in [-0.15, -0.1) is 0 Å². The second-order valence-corrected chi connectivity index (χ2v) is 7.26. The third kappa shape index (κ3) is 2.87. The molecule has 1 amide bonds. The second-order valence-electron chi connectivity index (χ2n) is 7.26. The van der Waals surface area contributed by atoms with Crippen molar-refractivity contribution >= 4 is 11.7 Å². The van der Waals surface area contributed by atoms with Gasteiger partial charge in [-0.1, -0.05) is 13.8 Å². The fraction of sp³-hybridized carbons (Fsp3) is 0.556. The van der Waals surface area contributed by atoms with Crippen molar-refractivity contribution in [1.29, 1.82) is 0 Å². The minimum Gasteiger partial charge on any atom is -0.508 e. The Balaban J connectivity index is 1.56. The molecule has 1 aromatic rings. The van der Waals surface area contributed by atoms with Crippen LogP contribution in [0.4, 0.5) is 0 Å². The van der Waals surface area contributed by atoms with Crippen molar-refractivity contribution in [3.05, 3.63) is 29.8 Å². The largest absolute Gasteiger partial charge is 0.508 e. The quantitative estimate of drug-likeness (QED) is 0.873. The molecule has 1 heterocycles. The van der Waals surface area contributed by atoms with Gasteiger partial charge in [0.25, 0.3) is 0 Å². The molecule has 1 N–H and O–H groups in total. The highest BCUT2D eigenvalue weighted by Crippen LogP contribution is 2.52. The lowest BCUT2D eigenvalue weighted by Gasteiger charge is -2.32. The Bertz CT molecular complexity index is 583. The van der Waals surface area contributed by atoms with Crippen LogP contribution in [0.3, 0.4) is 0 Å². The van der Waals surface area contributed by atoms with Crippen LogP contribution in [0.15, 0.2) is 24.3 Å². The van der Waals surface area contributed by atoms with E-state index in [9.17, 15) is 14.7 Å². The van der Waals surface area contributed by atoms with Crippen LogP contribution in [0.25, 0.3) is 0 Å². The van der Waals surface area contributed by atoms with E-state index in [2.05, 4.69) is 13.8 Å². The molecule has 4 heteroatoms. The highest BCUT2D eigenvalue weighted by Gasteiger charge is 2.52. The maximum absolute atomic E-state index is 12.5. The molecule has 1 aliphatic carbocycles. The number of carbonyl (C=O) groups is 2. The lowest BCUT2D eigenvalue weighted by Crippen LogP contribution is -2.41. The molecule has 2 fully saturated rings. The lowest BCUT2D eigenvalue weighted by molar-refractivity contribution is -0.134. The van der Waals surface area contributed by atoms with Crippen molar-refractivity contribution in [3.8, 4) is 5.75 Å². The summed E-state index contributed by atoms with van der Waals surface area (Å²) in [7, 11) is 0. The number of aromatic hydroxyl groups is 1. The summed E-state index contributed by atoms with van der Waals surface area (Å²) < 4.78 is 0. The Morgan fingerprint density at radius 2 is 1.68 bits per heavy atom. The van der Waals surface area contributed by atoms with Gasteiger partial charge in [-0.2, -0.15) is 0 Å². The van der Waals surface area contributed by atoms with Crippen molar-refractivity contribution in [2.24, 2.45) is 17.3 Å². The Morgan fingerprint density at radius 3 is 2.18 bits per heavy atom. The Hall–Kier alpha value is -1.84. The maximum Gasteiger partial charge on any atom is 0.226 e. The van der Waals surface area contributed by atoms with Crippen molar-refractivity contribution in [2.45, 2.75) is 33.1 Å². The molecule has 2 aliphatic rings. The molecule has 1 saturated carbocycles. The molecular formula is C18H23NO3. The topological polar surface area (TPSA) is 57.6 Å². The van der Waals surface area contributed by atoms with Crippen LogP contribution in [-0.4, -0.2) is 34.8 Å². The first-order chi connectivity index (χ1) is 10.4. The number of phenols is 1. The predicted molar refractivity (Wildman–Crippen MR) is 83.6 cm³/mol. The monoisotopic (exact) mass is 301 g/mol. The lowest BCUT2D eigenvalue weighted by atomic mass is 9.88. The molecule has 3 rings (SSSR count). The first-order valence-electron chi connectivity index (χ1n) is 8.00. The summed E-state index contributed by atoms with van der Waals surface area (Å²) in [6, 6.07) is 6.42. The zero-order chi connectivity index (χ0) is 15.9. The molecule has 1 aromatic carbocycles. The number of phenolic OH excluding ortho intramolecular Hbond substituents is 1. The third-order valence-electron chi connectivity index (χ3n) is 5.14. The SMILES string of the molecule is CC1(C)C[C@@H]1C(=O)N1CCC(C(=O)c2ccc(O)cc2)CC1. The summed E-state index contributed by atoms with van der Waals surface area (Å²) in [6.45, 7) is 5.63. The van der Waals surface area contributed by atoms with Gasteiger partial charge in [0.05, 0.1) is 0 Å². The van der Waals surface area contributed by atoms with Gasteiger partial charge in [0.2, 0.25) is 5.91 Å². The Labute approximate surface area is 131 Å². The number of likely N-dealkylation sites (tertiary alicyclic amines) is 1. The first-order valence-corrected chi connectivity index (χ1v) is 8.00. The van der Waals surface area contributed by atoms with Crippen molar-refractivity contribution in [2.75, 3.05) is 13.1 Å². The van der Waals surface area contributed by atoms with Gasteiger partial charge >= 0.3 is 0 Å². The average Bonchev–Trinajstić information content (AvgIpc) is 3.15. The molecule has 0 radical (unpaired) electrons. The van der Waals surface area contributed by atoms with Gasteiger partial charge in [0.1, 0.15) is 5.75 Å². The molecule has 0 aromatic heterocycles. The zero-order valence-corrected chi connectivity index (χ0v) is 13.2. The minimum atomic E-state index is -0.0131. The van der Waals surface area contributed by atoms with Gasteiger partial charge in [-0.25, -0.2) is 0 Å². The molecule has 0 unspecified atom stereocenters. The number of hydrogen-bond acceptors (Lipinski definition) is 3. The predicted octanol–water partition coefficient (Wildman–Crippen LogP) is 2.86. The highest BCUT2D eigenvalue weighted by molar-refractivity contribution is 5.98. The maximum atomic E-state index is 12.5. The van der Waals surface area contributed by atoms with Crippen LogP contribution in [0, 0.1) is 17.3 Å². The van der Waals surface area contributed by atoms with Crippen molar-refractivity contribution < 1.29 is 14.7 Å². The number of carbonyl (C=O) groups excluding carboxylic acids is 2. The smallest absolute Gasteiger partial charge is 0.226 e. The zero-order valence-electron chi connectivity index (χ0n) is 13.2. The fourth-order valence-corrected chi connectivity index (χ4v) is 3.33. The van der Waals surface area contributed by atoms with Crippen LogP contribution >= 0.6 is 0 Å². The molecule has 22 heavy (non-hydrogen) atoms. The first kappa shape index (κ1) is 15.1. The van der Waals surface area contributed by atoms with Crippen LogP contribution in [0.5, 0.6) is 5.75 Å². The highest BCUT2D eigenvalue weighted by atomic mass is 16.3. The average molecular weight is 301 g/mol. The number of Topliss-reactive ketones (excluding diaryl/α,β-unsaturated/α-hetero) is 1. The van der Waals surface area contributed by atoms with E-state index < -0.39 is 0 Å². The Kier molecular flexibility index (Phi) is 3.71. The second kappa shape index (κ2) is 5.41. The third-order valence-corrected chi connectivity index (χ3v) is 5.14. The van der Waals surface area contributed by atoms with Gasteiger partial charge in [0.15, 0.2) is 5.78 Å². The summed E-state index contributed by atoms with van der Waals surface area (Å²) in [6.07, 6.45) is 2.45. The number of amides is 1. The van der Waals surface area contributed by atoms with Gasteiger partial charge in [-0.3, -0.25) is 9.59 Å². The Morgan fingerprint density at radius 1 is 1.14 bits per heavy atom. The van der Waals surface area contributed by atoms with E-state index in [-0.39, 0.29) is 34.7 Å². The number of benzene rings is 1. The molecule has 118 valence electrons. The van der Waals surface area contributed by atoms with Crippen molar-refractivity contribution in [3.63, 3.8) is 0 Å². The van der Waals surface area contributed by atoms with Crippen LogP contribution in [0.2, 0.25) is 0 Å². The summed E-state index contributed by atoms with van der Waals surface area (Å²) in [4.78, 5) is 26.8. The standard InChI is InChI=1S/C18H23NO3/c1-18(2)11-15(18)17(22)19-9-7-13(8-10-19)16(21)12-3-5-14(20)6-4-12/h3-6,13,15,20H,7-11H2,1-2H3/t15-/m1/s1. The molecule has 1 saturated heterocycles. The van der Waals surface area contributed by atoms with E-state index in [1.54, 1.807) is 24.3 Å². The number of hydrogen-bond donors (Lipinski definition) is 1. The normalized spacial score (nSPS) is 24.1. The van der Waals surface area contributed by atoms with E-state index >= 15 is 0 Å². The molecule has 0 spiro atoms. The summed E-state index contributed by atoms with van der Waals surface area (Å²) in [5.41, 5.74) is 0.807. The number of piperidine rings is 1. The van der Waals surface area contributed by atoms with Crippen molar-refractivity contribution in [1.82, 2.24) is 4.90 Å². The molecular weight excluding hydrogens is 278 g/mol. The summed E-state index contributed by atoms with van der Waals surface area (Å²) >= 11 is 0. The van der Waals surface area contributed by atoms with E-state index in [1.807, 2.05) is 4.90 Å². The van der Waals surface area contributed by atoms with Gasteiger partial charge in [-0.05, 0) is 48.9 Å². The van der Waals surface area contributed by atoms with Crippen LogP contribution in [-0.2, 0) is 4.79 Å². The summed E-state index contributed by atoms with van der Waals surface area (Å²) in [5.74, 6) is 0.723. The minimum absolute atomic E-state index is 0.0131. The van der Waals surface area contributed by atoms with E-state index in [4.69, 9.17) is 0 Å². The fourth-order valence-electron chi connectivity index (χ4n) is 3.33. The van der Waals surface area contributed by atoms with Gasteiger partial charge < -0.3 is 10.0 Å². The van der Waals surface area contributed by atoms with Crippen LogP contribution in [0.1, 0.15) is 43.5 Å². The number of nitrogens with zero attached hydrogens (tertiary/aromatic N) is 1.